The Labute approximate surface area is 172 Å². The lowest BCUT2D eigenvalue weighted by Gasteiger charge is -2.10. The molecule has 3 rings (SSSR count). The fraction of sp³-hybridized carbons (Fsp3) is 0.300. The van der Waals surface area contributed by atoms with Crippen LogP contribution in [0.15, 0.2) is 51.9 Å². The van der Waals surface area contributed by atoms with E-state index in [1.807, 2.05) is 30.3 Å². The van der Waals surface area contributed by atoms with E-state index in [9.17, 15) is 4.79 Å². The highest BCUT2D eigenvalue weighted by atomic mass is 79.9. The third-order valence-corrected chi connectivity index (χ3v) is 4.56. The van der Waals surface area contributed by atoms with Gasteiger partial charge in [0.25, 0.3) is 5.91 Å². The minimum Gasteiger partial charge on any atom is -0.490 e. The van der Waals surface area contributed by atoms with Gasteiger partial charge in [-0.05, 0) is 42.8 Å². The zero-order valence-electron chi connectivity index (χ0n) is 15.4. The predicted molar refractivity (Wildman–Crippen MR) is 113 cm³/mol. The van der Waals surface area contributed by atoms with Crippen molar-refractivity contribution in [3.05, 3.63) is 52.5 Å². The van der Waals surface area contributed by atoms with Gasteiger partial charge in [0.05, 0.1) is 13.2 Å². The zero-order chi connectivity index (χ0) is 19.8. The molecule has 0 atom stereocenters. The average molecular weight is 447 g/mol. The Bertz CT molecular complexity index is 840. The van der Waals surface area contributed by atoms with Crippen LogP contribution < -0.4 is 25.8 Å². The fourth-order valence-electron chi connectivity index (χ4n) is 2.61. The van der Waals surface area contributed by atoms with Gasteiger partial charge in [-0.1, -0.05) is 15.9 Å². The predicted octanol–water partition coefficient (Wildman–Crippen LogP) is 3.16. The van der Waals surface area contributed by atoms with Gasteiger partial charge in [-0.3, -0.25) is 9.79 Å². The molecule has 0 saturated carbocycles. The van der Waals surface area contributed by atoms with Crippen molar-refractivity contribution < 1.29 is 14.3 Å². The van der Waals surface area contributed by atoms with Gasteiger partial charge in [-0.25, -0.2) is 0 Å². The third-order valence-electron chi connectivity index (χ3n) is 4.03. The van der Waals surface area contributed by atoms with Gasteiger partial charge in [0.15, 0.2) is 17.5 Å². The number of ether oxygens (including phenoxy) is 2. The van der Waals surface area contributed by atoms with Crippen LogP contribution >= 0.6 is 15.9 Å². The topological polar surface area (TPSA) is 98.0 Å². The SMILES string of the molecule is NC(=NCCCNC(=O)c1ccc(Br)cc1)Nc1ccc2c(c1)OCCCO2. The van der Waals surface area contributed by atoms with Crippen molar-refractivity contribution in [1.82, 2.24) is 5.32 Å². The lowest BCUT2D eigenvalue weighted by molar-refractivity contribution is 0.0953. The molecule has 0 unspecified atom stereocenters. The molecule has 0 bridgehead atoms. The summed E-state index contributed by atoms with van der Waals surface area (Å²) < 4.78 is 12.2. The second-order valence-electron chi connectivity index (χ2n) is 6.22. The number of hydrogen-bond acceptors (Lipinski definition) is 4. The first-order valence-electron chi connectivity index (χ1n) is 9.12. The maximum absolute atomic E-state index is 12.0. The van der Waals surface area contributed by atoms with E-state index in [1.54, 1.807) is 12.1 Å². The maximum Gasteiger partial charge on any atom is 0.251 e. The summed E-state index contributed by atoms with van der Waals surface area (Å²) in [4.78, 5) is 16.3. The third kappa shape index (κ3) is 5.88. The van der Waals surface area contributed by atoms with Gasteiger partial charge in [0.1, 0.15) is 0 Å². The standard InChI is InChI=1S/C20H23BrN4O3/c21-15-5-3-14(4-6-15)19(26)23-9-1-10-24-20(22)25-16-7-8-17-18(13-16)28-12-2-11-27-17/h3-8,13H,1-2,9-12H2,(H,23,26)(H3,22,24,25). The lowest BCUT2D eigenvalue weighted by Crippen LogP contribution is -2.26. The molecule has 7 nitrogen and oxygen atoms in total. The number of nitrogens with two attached hydrogens (primary N) is 1. The summed E-state index contributed by atoms with van der Waals surface area (Å²) >= 11 is 3.35. The van der Waals surface area contributed by atoms with E-state index >= 15 is 0 Å². The number of hydrogen-bond donors (Lipinski definition) is 3. The van der Waals surface area contributed by atoms with Crippen molar-refractivity contribution in [1.29, 1.82) is 0 Å². The number of carbonyl (C=O) groups excluding carboxylic acids is 1. The average Bonchev–Trinajstić information content (AvgIpc) is 2.93. The molecular weight excluding hydrogens is 424 g/mol. The number of aliphatic imine (C=N–C) groups is 1. The first kappa shape index (κ1) is 20.0. The summed E-state index contributed by atoms with van der Waals surface area (Å²) in [6.07, 6.45) is 1.55. The van der Waals surface area contributed by atoms with E-state index in [0.717, 1.165) is 22.3 Å². The van der Waals surface area contributed by atoms with Crippen LogP contribution in [-0.2, 0) is 0 Å². The molecule has 2 aromatic rings. The molecule has 0 aliphatic carbocycles. The first-order valence-corrected chi connectivity index (χ1v) is 9.91. The van der Waals surface area contributed by atoms with Crippen molar-refractivity contribution >= 4 is 33.5 Å². The Morgan fingerprint density at radius 1 is 1.11 bits per heavy atom. The Kier molecular flexibility index (Phi) is 7.13. The molecule has 8 heteroatoms. The summed E-state index contributed by atoms with van der Waals surface area (Å²) in [6.45, 7) is 2.31. The van der Waals surface area contributed by atoms with Crippen LogP contribution in [0.2, 0.25) is 0 Å². The van der Waals surface area contributed by atoms with E-state index in [1.165, 1.54) is 0 Å². The number of rotatable bonds is 6. The quantitative estimate of drug-likeness (QED) is 0.359. The molecule has 0 saturated heterocycles. The van der Waals surface area contributed by atoms with Crippen molar-refractivity contribution in [2.75, 3.05) is 31.6 Å². The Hall–Kier alpha value is -2.74. The summed E-state index contributed by atoms with van der Waals surface area (Å²) in [5, 5.41) is 5.91. The van der Waals surface area contributed by atoms with Gasteiger partial charge >= 0.3 is 0 Å². The summed E-state index contributed by atoms with van der Waals surface area (Å²) in [5.41, 5.74) is 7.35. The molecular formula is C20H23BrN4O3. The summed E-state index contributed by atoms with van der Waals surface area (Å²) in [7, 11) is 0. The second-order valence-corrected chi connectivity index (χ2v) is 7.14. The number of benzene rings is 2. The number of carbonyl (C=O) groups is 1. The normalized spacial score (nSPS) is 13.5. The van der Waals surface area contributed by atoms with Crippen molar-refractivity contribution in [3.8, 4) is 11.5 Å². The van der Waals surface area contributed by atoms with Gasteiger partial charge in [-0.2, -0.15) is 0 Å². The van der Waals surface area contributed by atoms with Gasteiger partial charge in [0.2, 0.25) is 0 Å². The number of guanidine groups is 1. The lowest BCUT2D eigenvalue weighted by atomic mass is 10.2. The Morgan fingerprint density at radius 2 is 1.86 bits per heavy atom. The summed E-state index contributed by atoms with van der Waals surface area (Å²) in [6, 6.07) is 12.8. The van der Waals surface area contributed by atoms with Crippen molar-refractivity contribution in [3.63, 3.8) is 0 Å². The van der Waals surface area contributed by atoms with E-state index in [4.69, 9.17) is 15.2 Å². The summed E-state index contributed by atoms with van der Waals surface area (Å²) in [5.74, 6) is 1.65. The van der Waals surface area contributed by atoms with Crippen LogP contribution in [0.5, 0.6) is 11.5 Å². The molecule has 148 valence electrons. The number of amides is 1. The van der Waals surface area contributed by atoms with Gasteiger partial charge < -0.3 is 25.8 Å². The second kappa shape index (κ2) is 9.98. The van der Waals surface area contributed by atoms with Crippen LogP contribution in [-0.4, -0.2) is 38.2 Å². The number of nitrogens with one attached hydrogen (secondary N) is 2. The highest BCUT2D eigenvalue weighted by Gasteiger charge is 2.11. The minimum atomic E-state index is -0.102. The van der Waals surface area contributed by atoms with Crippen LogP contribution in [0.3, 0.4) is 0 Å². The first-order chi connectivity index (χ1) is 13.6. The largest absolute Gasteiger partial charge is 0.490 e. The monoisotopic (exact) mass is 446 g/mol. The van der Waals surface area contributed by atoms with E-state index < -0.39 is 0 Å². The maximum atomic E-state index is 12.0. The molecule has 0 radical (unpaired) electrons. The number of anilines is 1. The molecule has 1 aliphatic heterocycles. The molecule has 2 aromatic carbocycles. The molecule has 4 N–H and O–H groups in total. The molecule has 0 spiro atoms. The fourth-order valence-corrected chi connectivity index (χ4v) is 2.88. The Balaban J connectivity index is 1.41. The molecule has 0 aromatic heterocycles. The number of fused-ring (bicyclic) bond motifs is 1. The highest BCUT2D eigenvalue weighted by molar-refractivity contribution is 9.10. The van der Waals surface area contributed by atoms with Crippen LogP contribution in [0.1, 0.15) is 23.2 Å². The van der Waals surface area contributed by atoms with Crippen LogP contribution in [0.25, 0.3) is 0 Å². The molecule has 28 heavy (non-hydrogen) atoms. The Morgan fingerprint density at radius 3 is 2.64 bits per heavy atom. The van der Waals surface area contributed by atoms with E-state index in [2.05, 4.69) is 31.6 Å². The minimum absolute atomic E-state index is 0.102. The van der Waals surface area contributed by atoms with Crippen molar-refractivity contribution in [2.24, 2.45) is 10.7 Å². The van der Waals surface area contributed by atoms with Gasteiger partial charge in [-0.15, -0.1) is 0 Å². The van der Waals surface area contributed by atoms with Crippen LogP contribution in [0, 0.1) is 0 Å². The highest BCUT2D eigenvalue weighted by Crippen LogP contribution is 2.32. The van der Waals surface area contributed by atoms with Crippen LogP contribution in [0.4, 0.5) is 5.69 Å². The smallest absolute Gasteiger partial charge is 0.251 e. The van der Waals surface area contributed by atoms with E-state index in [0.29, 0.717) is 50.0 Å². The molecule has 1 heterocycles. The zero-order valence-corrected chi connectivity index (χ0v) is 17.0. The molecule has 1 amide bonds. The number of halogens is 1. The van der Waals surface area contributed by atoms with Crippen molar-refractivity contribution in [2.45, 2.75) is 12.8 Å². The van der Waals surface area contributed by atoms with Gasteiger partial charge in [0, 0.05) is 41.3 Å². The van der Waals surface area contributed by atoms with E-state index in [-0.39, 0.29) is 5.91 Å². The molecule has 1 aliphatic rings. The number of nitrogens with zero attached hydrogens (tertiary/aromatic N) is 1. The molecule has 0 fully saturated rings.